The number of rotatable bonds is 5. The number of carbonyl (C=O) groups excluding carboxylic acids is 3. The summed E-state index contributed by atoms with van der Waals surface area (Å²) in [5.74, 6) is -0.521. The fourth-order valence-corrected chi connectivity index (χ4v) is 11.1. The number of anilines is 1. The zero-order valence-corrected chi connectivity index (χ0v) is 25.2. The lowest BCUT2D eigenvalue weighted by Crippen LogP contribution is -2.43. The van der Waals surface area contributed by atoms with Crippen molar-refractivity contribution in [1.82, 2.24) is 9.88 Å². The number of thiazole rings is 1. The summed E-state index contributed by atoms with van der Waals surface area (Å²) < 4.78 is 11.6. The molecule has 2 saturated heterocycles. The number of aromatic amines is 1. The van der Waals surface area contributed by atoms with Crippen molar-refractivity contribution in [3.05, 3.63) is 74.2 Å². The molecule has 9 nitrogen and oxygen atoms in total. The summed E-state index contributed by atoms with van der Waals surface area (Å²) in [6.07, 6.45) is 0.811. The number of thioether (sulfide) groups is 1. The van der Waals surface area contributed by atoms with E-state index in [9.17, 15) is 19.2 Å². The Labute approximate surface area is 256 Å². The van der Waals surface area contributed by atoms with Crippen LogP contribution < -0.4 is 14.5 Å². The normalized spacial score (nSPS) is 30.8. The van der Waals surface area contributed by atoms with Gasteiger partial charge in [-0.2, -0.15) is 0 Å². The molecule has 3 aromatic rings. The van der Waals surface area contributed by atoms with Gasteiger partial charge in [0.25, 0.3) is 5.91 Å². The van der Waals surface area contributed by atoms with Gasteiger partial charge in [-0.05, 0) is 49.3 Å². The van der Waals surface area contributed by atoms with Crippen LogP contribution in [0.15, 0.2) is 58.4 Å². The van der Waals surface area contributed by atoms with Crippen LogP contribution in [0.2, 0.25) is 0 Å². The van der Waals surface area contributed by atoms with Crippen molar-refractivity contribution in [3.63, 3.8) is 0 Å². The molecule has 0 radical (unpaired) electrons. The van der Waals surface area contributed by atoms with Crippen molar-refractivity contribution in [2.45, 2.75) is 29.5 Å². The van der Waals surface area contributed by atoms with E-state index in [1.54, 1.807) is 16.7 Å². The standard InChI is InChI=1S/C32H31N3O6S2/c1-16-6-8-17(9-7-16)35-30(37)25-19-14-20(26(25)31(35)38)27-24(19)23(28-29(42-27)33-32(39)43-28)18-4-2-3-5-21(18)41-15-22(36)34-10-12-40-13-11-34/h2-9,19-20,23-27H,10-15H2,1H3,(H,33,39)/t19-,20-,23+,24-,25+,26+,27-/m1/s1. The molecule has 1 aromatic heterocycles. The molecule has 1 N–H and O–H groups in total. The molecule has 2 bridgehead atoms. The second-order valence-electron chi connectivity index (χ2n) is 12.1. The average Bonchev–Trinajstić information content (AvgIpc) is 3.76. The van der Waals surface area contributed by atoms with Gasteiger partial charge in [-0.15, -0.1) is 11.8 Å². The number of nitrogens with zero attached hydrogens (tertiary/aromatic N) is 2. The maximum atomic E-state index is 14.0. The van der Waals surface area contributed by atoms with Gasteiger partial charge in [0.2, 0.25) is 11.8 Å². The molecular formula is C32H31N3O6S2. The van der Waals surface area contributed by atoms with Gasteiger partial charge in [0, 0.05) is 34.7 Å². The highest BCUT2D eigenvalue weighted by Gasteiger charge is 2.69. The van der Waals surface area contributed by atoms with Gasteiger partial charge >= 0.3 is 4.87 Å². The highest BCUT2D eigenvalue weighted by molar-refractivity contribution is 8.00. The van der Waals surface area contributed by atoms with Crippen LogP contribution in [0.25, 0.3) is 0 Å². The number of hydrogen-bond acceptors (Lipinski definition) is 8. The molecule has 2 aromatic carbocycles. The number of H-pyrrole nitrogens is 1. The Bertz CT molecular complexity index is 1680. The Kier molecular flexibility index (Phi) is 6.54. The van der Waals surface area contributed by atoms with Crippen LogP contribution in [0.3, 0.4) is 0 Å². The van der Waals surface area contributed by atoms with Gasteiger partial charge in [-0.3, -0.25) is 24.1 Å². The number of ether oxygens (including phenoxy) is 2. The number of aromatic nitrogens is 1. The number of hydrogen-bond donors (Lipinski definition) is 1. The third kappa shape index (κ3) is 4.22. The first-order valence-corrected chi connectivity index (χ1v) is 16.5. The Morgan fingerprint density at radius 1 is 1.00 bits per heavy atom. The first-order chi connectivity index (χ1) is 20.9. The molecule has 222 valence electrons. The number of amides is 3. The summed E-state index contributed by atoms with van der Waals surface area (Å²) in [7, 11) is 0. The van der Waals surface area contributed by atoms with Crippen LogP contribution in [0.4, 0.5) is 5.69 Å². The molecule has 11 heteroatoms. The fourth-order valence-electron chi connectivity index (χ4n) is 8.23. The lowest BCUT2D eigenvalue weighted by atomic mass is 9.68. The van der Waals surface area contributed by atoms with E-state index in [-0.39, 0.29) is 70.0 Å². The second-order valence-corrected chi connectivity index (χ2v) is 14.3. The topological polar surface area (TPSA) is 109 Å². The van der Waals surface area contributed by atoms with Crippen LogP contribution >= 0.6 is 23.1 Å². The minimum atomic E-state index is -0.378. The lowest BCUT2D eigenvalue weighted by molar-refractivity contribution is -0.137. The number of fused-ring (bicyclic) bond motifs is 9. The largest absolute Gasteiger partial charge is 0.483 e. The molecule has 7 atom stereocenters. The smallest absolute Gasteiger partial charge is 0.305 e. The quantitative estimate of drug-likeness (QED) is 0.436. The summed E-state index contributed by atoms with van der Waals surface area (Å²) in [6.45, 7) is 4.04. The highest BCUT2D eigenvalue weighted by Crippen LogP contribution is 2.69. The van der Waals surface area contributed by atoms with Crippen LogP contribution in [-0.4, -0.2) is 65.8 Å². The van der Waals surface area contributed by atoms with Crippen molar-refractivity contribution in [2.24, 2.45) is 29.6 Å². The van der Waals surface area contributed by atoms with Crippen LogP contribution in [0, 0.1) is 36.5 Å². The zero-order chi connectivity index (χ0) is 29.4. The van der Waals surface area contributed by atoms with Gasteiger partial charge in [0.15, 0.2) is 6.61 Å². The summed E-state index contributed by atoms with van der Waals surface area (Å²) in [5, 5.41) is 0.920. The minimum Gasteiger partial charge on any atom is -0.483 e. The van der Waals surface area contributed by atoms with E-state index in [4.69, 9.17) is 9.47 Å². The maximum absolute atomic E-state index is 14.0. The molecule has 3 aliphatic heterocycles. The molecule has 2 saturated carbocycles. The van der Waals surface area contributed by atoms with Crippen LogP contribution in [0.5, 0.6) is 5.75 Å². The summed E-state index contributed by atoms with van der Waals surface area (Å²) in [4.78, 5) is 60.5. The van der Waals surface area contributed by atoms with Crippen molar-refractivity contribution in [3.8, 4) is 5.75 Å². The van der Waals surface area contributed by atoms with Gasteiger partial charge in [0.1, 0.15) is 5.75 Å². The van der Waals surface area contributed by atoms with E-state index >= 15 is 0 Å². The molecular weight excluding hydrogens is 587 g/mol. The third-order valence-electron chi connectivity index (χ3n) is 9.99. The number of nitrogens with one attached hydrogen (secondary N) is 1. The van der Waals surface area contributed by atoms with E-state index in [2.05, 4.69) is 4.98 Å². The van der Waals surface area contributed by atoms with Crippen molar-refractivity contribution in [1.29, 1.82) is 0 Å². The van der Waals surface area contributed by atoms with Gasteiger partial charge in [-0.1, -0.05) is 47.2 Å². The van der Waals surface area contributed by atoms with Crippen molar-refractivity contribution in [2.75, 3.05) is 37.8 Å². The lowest BCUT2D eigenvalue weighted by Gasteiger charge is -2.43. The predicted octanol–water partition coefficient (Wildman–Crippen LogP) is 3.66. The molecule has 0 unspecified atom stereocenters. The fraction of sp³-hybridized carbons (Fsp3) is 0.438. The highest BCUT2D eigenvalue weighted by atomic mass is 32.2. The molecule has 5 aliphatic rings. The zero-order valence-electron chi connectivity index (χ0n) is 23.6. The molecule has 4 fully saturated rings. The predicted molar refractivity (Wildman–Crippen MR) is 162 cm³/mol. The summed E-state index contributed by atoms with van der Waals surface area (Å²) in [5.41, 5.74) is 2.62. The number of imide groups is 1. The SMILES string of the molecule is Cc1ccc(N2C(=O)[C@H]3[C@H]4C[C@@H]([C@@H]3C2=O)[C@@H]2[C@H](c3ccccc3OCC(=O)N3CCOCC3)c3sc(=O)[nH]c3S[C@H]42)cc1. The Morgan fingerprint density at radius 3 is 2.49 bits per heavy atom. The number of carbonyl (C=O) groups is 3. The first-order valence-electron chi connectivity index (χ1n) is 14.8. The van der Waals surface area contributed by atoms with E-state index in [0.717, 1.165) is 27.5 Å². The number of para-hydroxylation sites is 1. The molecule has 2 aliphatic carbocycles. The Balaban J connectivity index is 1.15. The molecule has 0 spiro atoms. The summed E-state index contributed by atoms with van der Waals surface area (Å²) >= 11 is 2.88. The van der Waals surface area contributed by atoms with Gasteiger partial charge < -0.3 is 19.4 Å². The van der Waals surface area contributed by atoms with E-state index in [0.29, 0.717) is 37.7 Å². The molecule has 3 amide bonds. The Hall–Kier alpha value is -3.41. The van der Waals surface area contributed by atoms with Gasteiger partial charge in [-0.25, -0.2) is 0 Å². The second kappa shape index (κ2) is 10.3. The molecule has 43 heavy (non-hydrogen) atoms. The van der Waals surface area contributed by atoms with Crippen LogP contribution in [0.1, 0.15) is 28.3 Å². The molecule has 8 rings (SSSR count). The first kappa shape index (κ1) is 27.2. The maximum Gasteiger partial charge on any atom is 0.305 e. The number of morpholine rings is 1. The number of aryl methyl sites for hydroxylation is 1. The Morgan fingerprint density at radius 2 is 1.72 bits per heavy atom. The summed E-state index contributed by atoms with van der Waals surface area (Å²) in [6, 6.07) is 15.3. The average molecular weight is 618 g/mol. The van der Waals surface area contributed by atoms with Crippen molar-refractivity contribution < 1.29 is 23.9 Å². The van der Waals surface area contributed by atoms with E-state index < -0.39 is 0 Å². The minimum absolute atomic E-state index is 0.00205. The molecule has 4 heterocycles. The third-order valence-corrected chi connectivity index (χ3v) is 12.6. The van der Waals surface area contributed by atoms with Crippen LogP contribution in [-0.2, 0) is 19.1 Å². The van der Waals surface area contributed by atoms with Gasteiger partial charge in [0.05, 0.1) is 35.8 Å². The van der Waals surface area contributed by atoms with E-state index in [1.165, 1.54) is 16.2 Å². The van der Waals surface area contributed by atoms with Crippen molar-refractivity contribution >= 4 is 46.5 Å². The monoisotopic (exact) mass is 617 g/mol. The van der Waals surface area contributed by atoms with E-state index in [1.807, 2.05) is 55.5 Å². The number of benzene rings is 2.